The quantitative estimate of drug-likeness (QED) is 0.947. The van der Waals surface area contributed by atoms with Crippen LogP contribution in [0.2, 0.25) is 0 Å². The molecule has 0 aliphatic carbocycles. The van der Waals surface area contributed by atoms with Gasteiger partial charge in [0.1, 0.15) is 5.75 Å². The summed E-state index contributed by atoms with van der Waals surface area (Å²) in [7, 11) is 1.39. The molecule has 0 bridgehead atoms. The first-order chi connectivity index (χ1) is 10.7. The number of methoxy groups -OCH3 is 1. The third kappa shape index (κ3) is 2.74. The molecule has 22 heavy (non-hydrogen) atoms. The number of benzene rings is 2. The lowest BCUT2D eigenvalue weighted by atomic mass is 10.00. The molecule has 1 aliphatic rings. The van der Waals surface area contributed by atoms with Crippen LogP contribution in [0, 0.1) is 5.82 Å². The van der Waals surface area contributed by atoms with E-state index in [1.54, 1.807) is 6.07 Å². The van der Waals surface area contributed by atoms with Gasteiger partial charge in [-0.25, -0.2) is 4.39 Å². The van der Waals surface area contributed by atoms with Crippen LogP contribution in [0.5, 0.6) is 11.5 Å². The zero-order chi connectivity index (χ0) is 15.5. The van der Waals surface area contributed by atoms with Crippen molar-refractivity contribution >= 4 is 5.91 Å². The Morgan fingerprint density at radius 3 is 2.91 bits per heavy atom. The standard InChI is InChI=1S/C17H16FNO3/c1-21-16-7-6-11(10-13(16)18)17(20)19-14-8-9-22-15-5-3-2-4-12(14)15/h2-7,10,14H,8-9H2,1H3,(H,19,20)/t14-/m1/s1. The number of halogens is 1. The Balaban J connectivity index is 1.79. The van der Waals surface area contributed by atoms with Crippen molar-refractivity contribution in [2.75, 3.05) is 13.7 Å². The summed E-state index contributed by atoms with van der Waals surface area (Å²) < 4.78 is 24.1. The molecule has 1 aliphatic heterocycles. The third-order valence-electron chi connectivity index (χ3n) is 3.68. The second-order valence-electron chi connectivity index (χ2n) is 5.05. The molecular formula is C17H16FNO3. The summed E-state index contributed by atoms with van der Waals surface area (Å²) in [6.45, 7) is 0.541. The van der Waals surface area contributed by atoms with Crippen molar-refractivity contribution in [2.24, 2.45) is 0 Å². The number of nitrogens with one attached hydrogen (secondary N) is 1. The van der Waals surface area contributed by atoms with Gasteiger partial charge in [-0.2, -0.15) is 0 Å². The van der Waals surface area contributed by atoms with Crippen LogP contribution in [0.1, 0.15) is 28.4 Å². The zero-order valence-electron chi connectivity index (χ0n) is 12.1. The Kier molecular flexibility index (Phi) is 3.96. The molecule has 0 fully saturated rings. The van der Waals surface area contributed by atoms with Crippen LogP contribution in [0.25, 0.3) is 0 Å². The van der Waals surface area contributed by atoms with Crippen LogP contribution in [0.15, 0.2) is 42.5 Å². The molecule has 4 nitrogen and oxygen atoms in total. The van der Waals surface area contributed by atoms with Gasteiger partial charge in [-0.1, -0.05) is 18.2 Å². The fourth-order valence-corrected chi connectivity index (χ4v) is 2.54. The molecule has 0 saturated heterocycles. The Morgan fingerprint density at radius 1 is 1.32 bits per heavy atom. The second-order valence-corrected chi connectivity index (χ2v) is 5.05. The number of carbonyl (C=O) groups is 1. The van der Waals surface area contributed by atoms with Crippen LogP contribution in [-0.4, -0.2) is 19.6 Å². The molecule has 0 radical (unpaired) electrons. The first-order valence-corrected chi connectivity index (χ1v) is 7.05. The number of hydrogen-bond donors (Lipinski definition) is 1. The summed E-state index contributed by atoms with van der Waals surface area (Å²) >= 11 is 0. The number of amides is 1. The van der Waals surface area contributed by atoms with Crippen LogP contribution < -0.4 is 14.8 Å². The van der Waals surface area contributed by atoms with Gasteiger partial charge in [0.15, 0.2) is 11.6 Å². The van der Waals surface area contributed by atoms with E-state index < -0.39 is 5.82 Å². The molecule has 0 unspecified atom stereocenters. The Hall–Kier alpha value is -2.56. The summed E-state index contributed by atoms with van der Waals surface area (Å²) in [6.07, 6.45) is 0.682. The summed E-state index contributed by atoms with van der Waals surface area (Å²) in [4.78, 5) is 12.3. The minimum Gasteiger partial charge on any atom is -0.494 e. The molecule has 1 N–H and O–H groups in total. The monoisotopic (exact) mass is 301 g/mol. The van der Waals surface area contributed by atoms with E-state index >= 15 is 0 Å². The lowest BCUT2D eigenvalue weighted by Gasteiger charge is -2.26. The molecule has 0 spiro atoms. The average molecular weight is 301 g/mol. The van der Waals surface area contributed by atoms with Gasteiger partial charge in [-0.05, 0) is 24.3 Å². The third-order valence-corrected chi connectivity index (χ3v) is 3.68. The van der Waals surface area contributed by atoms with E-state index in [1.165, 1.54) is 19.2 Å². The highest BCUT2D eigenvalue weighted by molar-refractivity contribution is 5.94. The molecule has 0 aromatic heterocycles. The SMILES string of the molecule is COc1ccc(C(=O)N[C@@H]2CCOc3ccccc32)cc1F. The van der Waals surface area contributed by atoms with Crippen molar-refractivity contribution < 1.29 is 18.7 Å². The number of ether oxygens (including phenoxy) is 2. The van der Waals surface area contributed by atoms with Crippen molar-refractivity contribution in [3.63, 3.8) is 0 Å². The minimum atomic E-state index is -0.553. The Labute approximate surface area is 127 Å². The molecule has 1 heterocycles. The predicted octanol–water partition coefficient (Wildman–Crippen LogP) is 3.09. The lowest BCUT2D eigenvalue weighted by molar-refractivity contribution is 0.0924. The number of para-hydroxylation sites is 1. The molecule has 0 saturated carbocycles. The van der Waals surface area contributed by atoms with Gasteiger partial charge in [0.05, 0.1) is 19.8 Å². The number of fused-ring (bicyclic) bond motifs is 1. The maximum atomic E-state index is 13.7. The zero-order valence-corrected chi connectivity index (χ0v) is 12.1. The van der Waals surface area contributed by atoms with E-state index in [9.17, 15) is 9.18 Å². The van der Waals surface area contributed by atoms with Gasteiger partial charge in [0, 0.05) is 17.5 Å². The van der Waals surface area contributed by atoms with Gasteiger partial charge in [-0.15, -0.1) is 0 Å². The Bertz CT molecular complexity index is 702. The lowest BCUT2D eigenvalue weighted by Crippen LogP contribution is -2.32. The number of rotatable bonds is 3. The van der Waals surface area contributed by atoms with E-state index in [0.717, 1.165) is 11.3 Å². The maximum Gasteiger partial charge on any atom is 0.251 e. The predicted molar refractivity (Wildman–Crippen MR) is 79.7 cm³/mol. The molecule has 1 atom stereocenters. The second kappa shape index (κ2) is 6.05. The van der Waals surface area contributed by atoms with Gasteiger partial charge in [-0.3, -0.25) is 4.79 Å². The molecule has 1 amide bonds. The van der Waals surface area contributed by atoms with E-state index in [0.29, 0.717) is 13.0 Å². The van der Waals surface area contributed by atoms with E-state index in [2.05, 4.69) is 5.32 Å². The fraction of sp³-hybridized carbons (Fsp3) is 0.235. The Morgan fingerprint density at radius 2 is 2.14 bits per heavy atom. The molecule has 3 rings (SSSR count). The van der Waals surface area contributed by atoms with Gasteiger partial charge in [0.2, 0.25) is 0 Å². The van der Waals surface area contributed by atoms with Crippen molar-refractivity contribution in [3.8, 4) is 11.5 Å². The van der Waals surface area contributed by atoms with E-state index in [4.69, 9.17) is 9.47 Å². The van der Waals surface area contributed by atoms with Crippen molar-refractivity contribution in [2.45, 2.75) is 12.5 Å². The molecule has 2 aromatic carbocycles. The smallest absolute Gasteiger partial charge is 0.251 e. The van der Waals surface area contributed by atoms with Gasteiger partial charge < -0.3 is 14.8 Å². The summed E-state index contributed by atoms with van der Waals surface area (Å²) in [5.74, 6) is 0.0266. The highest BCUT2D eigenvalue weighted by atomic mass is 19.1. The van der Waals surface area contributed by atoms with Crippen molar-refractivity contribution in [1.82, 2.24) is 5.32 Å². The number of hydrogen-bond acceptors (Lipinski definition) is 3. The highest BCUT2D eigenvalue weighted by Crippen LogP contribution is 2.31. The van der Waals surface area contributed by atoms with Crippen LogP contribution in [0.3, 0.4) is 0 Å². The first kappa shape index (κ1) is 14.4. The summed E-state index contributed by atoms with van der Waals surface area (Å²) in [5.41, 5.74) is 1.21. The molecular weight excluding hydrogens is 285 g/mol. The van der Waals surface area contributed by atoms with E-state index in [1.807, 2.05) is 24.3 Å². The van der Waals surface area contributed by atoms with Crippen LogP contribution in [-0.2, 0) is 0 Å². The van der Waals surface area contributed by atoms with Crippen molar-refractivity contribution in [1.29, 1.82) is 0 Å². The average Bonchev–Trinajstić information content (AvgIpc) is 2.55. The van der Waals surface area contributed by atoms with Crippen LogP contribution in [0.4, 0.5) is 4.39 Å². The van der Waals surface area contributed by atoms with Crippen molar-refractivity contribution in [3.05, 3.63) is 59.4 Å². The fourth-order valence-electron chi connectivity index (χ4n) is 2.54. The molecule has 5 heteroatoms. The number of carbonyl (C=O) groups excluding carboxylic acids is 1. The molecule has 2 aromatic rings. The maximum absolute atomic E-state index is 13.7. The molecule has 114 valence electrons. The minimum absolute atomic E-state index is 0.118. The topological polar surface area (TPSA) is 47.6 Å². The largest absolute Gasteiger partial charge is 0.494 e. The van der Waals surface area contributed by atoms with Gasteiger partial charge in [0.25, 0.3) is 5.91 Å². The van der Waals surface area contributed by atoms with Crippen LogP contribution >= 0.6 is 0 Å². The van der Waals surface area contributed by atoms with Gasteiger partial charge >= 0.3 is 0 Å². The summed E-state index contributed by atoms with van der Waals surface area (Å²) in [5, 5.41) is 2.93. The first-order valence-electron chi connectivity index (χ1n) is 7.05. The summed E-state index contributed by atoms with van der Waals surface area (Å²) in [6, 6.07) is 11.6. The van der Waals surface area contributed by atoms with E-state index in [-0.39, 0.29) is 23.3 Å². The normalized spacial score (nSPS) is 16.4. The highest BCUT2D eigenvalue weighted by Gasteiger charge is 2.23.